The van der Waals surface area contributed by atoms with Crippen LogP contribution in [-0.4, -0.2) is 19.6 Å². The van der Waals surface area contributed by atoms with Gasteiger partial charge in [0, 0.05) is 0 Å². The molecule has 0 saturated heterocycles. The van der Waals surface area contributed by atoms with E-state index >= 15 is 0 Å². The fourth-order valence-electron chi connectivity index (χ4n) is 1.48. The molecular formula is C14H19NO2SSi. The van der Waals surface area contributed by atoms with Crippen molar-refractivity contribution < 1.29 is 9.22 Å². The molecule has 1 aromatic carbocycles. The van der Waals surface area contributed by atoms with Gasteiger partial charge in [0.05, 0.1) is 10.2 Å². The number of carbonyl (C=O) groups excluding carboxylic acids is 1. The van der Waals surface area contributed by atoms with Crippen LogP contribution in [0.1, 0.15) is 30.6 Å². The first-order chi connectivity index (χ1) is 8.73. The lowest BCUT2D eigenvalue weighted by Crippen LogP contribution is -2.43. The van der Waals surface area contributed by atoms with Gasteiger partial charge in [-0.25, -0.2) is 4.98 Å². The fraction of sp³-hybridized carbons (Fsp3) is 0.429. The van der Waals surface area contributed by atoms with Crippen LogP contribution in [0.25, 0.3) is 10.2 Å². The zero-order valence-corrected chi connectivity index (χ0v) is 13.8. The summed E-state index contributed by atoms with van der Waals surface area (Å²) in [7, 11) is -1.82. The van der Waals surface area contributed by atoms with E-state index in [4.69, 9.17) is 4.43 Å². The van der Waals surface area contributed by atoms with E-state index in [1.807, 2.05) is 18.2 Å². The number of aldehydes is 1. The predicted octanol–water partition coefficient (Wildman–Crippen LogP) is 4.49. The molecule has 0 aliphatic rings. The molecule has 102 valence electrons. The van der Waals surface area contributed by atoms with Crippen LogP contribution in [0.2, 0.25) is 18.1 Å². The smallest absolute Gasteiger partial charge is 0.250 e. The van der Waals surface area contributed by atoms with Crippen molar-refractivity contribution in [2.24, 2.45) is 0 Å². The number of fused-ring (bicyclic) bond motifs is 1. The van der Waals surface area contributed by atoms with Gasteiger partial charge in [-0.3, -0.25) is 4.79 Å². The highest BCUT2D eigenvalue weighted by Crippen LogP contribution is 2.38. The highest BCUT2D eigenvalue weighted by atomic mass is 32.1. The van der Waals surface area contributed by atoms with E-state index in [1.165, 1.54) is 11.3 Å². The quantitative estimate of drug-likeness (QED) is 0.618. The van der Waals surface area contributed by atoms with Gasteiger partial charge in [0.25, 0.3) is 0 Å². The standard InChI is InChI=1S/C14H19NO2SSi/c1-14(2,3)19(4,5)17-10-6-7-11-12(8-10)18-13(9-16)15-11/h6-9H,1-5H3. The van der Waals surface area contributed by atoms with E-state index in [1.54, 1.807) is 0 Å². The molecule has 0 N–H and O–H groups in total. The number of thiazole rings is 1. The van der Waals surface area contributed by atoms with Gasteiger partial charge in [-0.05, 0) is 36.3 Å². The Bertz CT molecular complexity index is 613. The van der Waals surface area contributed by atoms with Gasteiger partial charge in [-0.1, -0.05) is 20.8 Å². The lowest BCUT2D eigenvalue weighted by molar-refractivity contribution is 0.112. The molecule has 0 aliphatic heterocycles. The maximum absolute atomic E-state index is 10.7. The summed E-state index contributed by atoms with van der Waals surface area (Å²) in [5.74, 6) is 0.875. The van der Waals surface area contributed by atoms with Crippen molar-refractivity contribution in [3.63, 3.8) is 0 Å². The number of aromatic nitrogens is 1. The molecule has 0 atom stereocenters. The van der Waals surface area contributed by atoms with Crippen LogP contribution in [0.4, 0.5) is 0 Å². The number of hydrogen-bond acceptors (Lipinski definition) is 4. The second-order valence-electron chi connectivity index (χ2n) is 6.16. The van der Waals surface area contributed by atoms with Crippen molar-refractivity contribution in [2.75, 3.05) is 0 Å². The van der Waals surface area contributed by atoms with E-state index in [9.17, 15) is 4.79 Å². The number of carbonyl (C=O) groups is 1. The summed E-state index contributed by atoms with van der Waals surface area (Å²) in [6, 6.07) is 5.85. The Morgan fingerprint density at radius 2 is 2.00 bits per heavy atom. The molecular weight excluding hydrogens is 274 g/mol. The molecule has 0 saturated carbocycles. The molecule has 0 radical (unpaired) electrons. The summed E-state index contributed by atoms with van der Waals surface area (Å²) in [5.41, 5.74) is 0.856. The number of nitrogens with zero attached hydrogens (tertiary/aromatic N) is 1. The average Bonchev–Trinajstić information content (AvgIpc) is 2.69. The van der Waals surface area contributed by atoms with Gasteiger partial charge < -0.3 is 4.43 Å². The minimum absolute atomic E-state index is 0.170. The van der Waals surface area contributed by atoms with Crippen LogP contribution in [-0.2, 0) is 0 Å². The third kappa shape index (κ3) is 2.87. The summed E-state index contributed by atoms with van der Waals surface area (Å²) in [4.78, 5) is 15.0. The summed E-state index contributed by atoms with van der Waals surface area (Å²) in [6.07, 6.45) is 0.791. The molecule has 19 heavy (non-hydrogen) atoms. The van der Waals surface area contributed by atoms with Crippen LogP contribution in [0.3, 0.4) is 0 Å². The molecule has 0 bridgehead atoms. The van der Waals surface area contributed by atoms with Crippen LogP contribution in [0, 0.1) is 0 Å². The fourth-order valence-corrected chi connectivity index (χ4v) is 3.32. The number of benzene rings is 1. The van der Waals surface area contributed by atoms with Gasteiger partial charge in [0.1, 0.15) is 5.75 Å². The van der Waals surface area contributed by atoms with Crippen molar-refractivity contribution >= 4 is 36.2 Å². The van der Waals surface area contributed by atoms with Crippen molar-refractivity contribution in [3.05, 3.63) is 23.2 Å². The Labute approximate surface area is 118 Å². The third-order valence-corrected chi connectivity index (χ3v) is 8.96. The zero-order valence-electron chi connectivity index (χ0n) is 12.0. The van der Waals surface area contributed by atoms with Gasteiger partial charge >= 0.3 is 0 Å². The monoisotopic (exact) mass is 293 g/mol. The Kier molecular flexibility index (Phi) is 3.53. The summed E-state index contributed by atoms with van der Waals surface area (Å²) >= 11 is 1.40. The maximum Gasteiger partial charge on any atom is 0.250 e. The molecule has 2 aromatic rings. The normalized spacial score (nSPS) is 12.7. The van der Waals surface area contributed by atoms with E-state index in [0.29, 0.717) is 5.01 Å². The average molecular weight is 293 g/mol. The SMILES string of the molecule is CC(C)(C)[Si](C)(C)Oc1ccc2nc(C=O)sc2c1. The molecule has 0 aliphatic carbocycles. The van der Waals surface area contributed by atoms with Crippen molar-refractivity contribution in [1.82, 2.24) is 4.98 Å². The topological polar surface area (TPSA) is 39.2 Å². The highest BCUT2D eigenvalue weighted by molar-refractivity contribution is 7.20. The first kappa shape index (κ1) is 14.2. The summed E-state index contributed by atoms with van der Waals surface area (Å²) in [5, 5.41) is 0.684. The van der Waals surface area contributed by atoms with Gasteiger partial charge in [0.2, 0.25) is 8.32 Å². The molecule has 0 spiro atoms. The maximum atomic E-state index is 10.7. The van der Waals surface area contributed by atoms with Crippen molar-refractivity contribution in [3.8, 4) is 5.75 Å². The second-order valence-corrected chi connectivity index (χ2v) is 11.9. The van der Waals surface area contributed by atoms with Crippen molar-refractivity contribution in [2.45, 2.75) is 38.9 Å². The van der Waals surface area contributed by atoms with Gasteiger partial charge in [0.15, 0.2) is 11.3 Å². The Morgan fingerprint density at radius 1 is 1.32 bits per heavy atom. The first-order valence-corrected chi connectivity index (χ1v) is 10.0. The highest BCUT2D eigenvalue weighted by Gasteiger charge is 2.38. The van der Waals surface area contributed by atoms with Crippen molar-refractivity contribution in [1.29, 1.82) is 0 Å². The van der Waals surface area contributed by atoms with E-state index in [-0.39, 0.29) is 5.04 Å². The zero-order chi connectivity index (χ0) is 14.3. The lowest BCUT2D eigenvalue weighted by atomic mass is 10.2. The third-order valence-electron chi connectivity index (χ3n) is 3.66. The van der Waals surface area contributed by atoms with Gasteiger partial charge in [-0.2, -0.15) is 0 Å². The second kappa shape index (κ2) is 4.72. The van der Waals surface area contributed by atoms with Gasteiger partial charge in [-0.15, -0.1) is 11.3 Å². The predicted molar refractivity (Wildman–Crippen MR) is 82.8 cm³/mol. The summed E-state index contributed by atoms with van der Waals surface area (Å²) in [6.45, 7) is 11.1. The van der Waals surface area contributed by atoms with E-state index in [2.05, 4.69) is 38.8 Å². The minimum atomic E-state index is -1.82. The molecule has 2 rings (SSSR count). The van der Waals surface area contributed by atoms with Crippen LogP contribution >= 0.6 is 11.3 Å². The Morgan fingerprint density at radius 3 is 2.58 bits per heavy atom. The van der Waals surface area contributed by atoms with Crippen LogP contribution in [0.15, 0.2) is 18.2 Å². The molecule has 5 heteroatoms. The minimum Gasteiger partial charge on any atom is -0.543 e. The summed E-state index contributed by atoms with van der Waals surface area (Å²) < 4.78 is 7.25. The molecule has 3 nitrogen and oxygen atoms in total. The van der Waals surface area contributed by atoms with E-state index < -0.39 is 8.32 Å². The molecule has 1 heterocycles. The van der Waals surface area contributed by atoms with Crippen LogP contribution in [0.5, 0.6) is 5.75 Å². The Hall–Kier alpha value is -1.20. The largest absolute Gasteiger partial charge is 0.543 e. The first-order valence-electron chi connectivity index (χ1n) is 6.28. The molecule has 0 amide bonds. The lowest BCUT2D eigenvalue weighted by Gasteiger charge is -2.36. The Balaban J connectivity index is 2.34. The number of rotatable bonds is 3. The molecule has 0 fully saturated rings. The number of hydrogen-bond donors (Lipinski definition) is 0. The van der Waals surface area contributed by atoms with Crippen LogP contribution < -0.4 is 4.43 Å². The molecule has 1 aromatic heterocycles. The van der Waals surface area contributed by atoms with E-state index in [0.717, 1.165) is 22.3 Å². The molecule has 0 unspecified atom stereocenters.